The van der Waals surface area contributed by atoms with Crippen LogP contribution in [0.15, 0.2) is 12.3 Å². The molecule has 1 aromatic heterocycles. The molecule has 0 radical (unpaired) electrons. The monoisotopic (exact) mass is 169 g/mol. The highest BCUT2D eigenvalue weighted by molar-refractivity contribution is 5.87. The summed E-state index contributed by atoms with van der Waals surface area (Å²) in [4.78, 5) is 11.0. The second-order valence-corrected chi connectivity index (χ2v) is 2.49. The molecule has 0 fully saturated rings. The van der Waals surface area contributed by atoms with Gasteiger partial charge in [-0.25, -0.2) is 4.79 Å². The van der Waals surface area contributed by atoms with E-state index in [0.717, 1.165) is 0 Å². The Hall–Kier alpha value is -1.29. The smallest absolute Gasteiger partial charge is 0.354 e. The van der Waals surface area contributed by atoms with Gasteiger partial charge in [0, 0.05) is 13.2 Å². The maximum absolute atomic E-state index is 11.0. The molecule has 0 atom stereocenters. The van der Waals surface area contributed by atoms with Crippen molar-refractivity contribution < 1.29 is 14.6 Å². The first-order valence-corrected chi connectivity index (χ1v) is 3.53. The van der Waals surface area contributed by atoms with E-state index in [-0.39, 0.29) is 6.61 Å². The molecule has 1 rings (SSSR count). The molecule has 4 heteroatoms. The van der Waals surface area contributed by atoms with Gasteiger partial charge in [-0.1, -0.05) is 0 Å². The number of rotatable bonds is 2. The van der Waals surface area contributed by atoms with Crippen LogP contribution in [0.3, 0.4) is 0 Å². The summed E-state index contributed by atoms with van der Waals surface area (Å²) in [5.74, 6) is -0.391. The van der Waals surface area contributed by atoms with Crippen LogP contribution >= 0.6 is 0 Å². The van der Waals surface area contributed by atoms with Crippen molar-refractivity contribution in [2.75, 3.05) is 7.11 Å². The summed E-state index contributed by atoms with van der Waals surface area (Å²) in [7, 11) is 3.05. The van der Waals surface area contributed by atoms with Gasteiger partial charge in [-0.3, -0.25) is 0 Å². The van der Waals surface area contributed by atoms with E-state index in [4.69, 9.17) is 5.11 Å². The number of carbonyl (C=O) groups excluding carboxylic acids is 1. The maximum atomic E-state index is 11.0. The number of aliphatic hydroxyl groups excluding tert-OH is 1. The summed E-state index contributed by atoms with van der Waals surface area (Å²) < 4.78 is 6.16. The summed E-state index contributed by atoms with van der Waals surface area (Å²) in [5.41, 5.74) is 1.15. The standard InChI is InChI=1S/C8H11NO3/c1-9-4-6(5-10)3-7(9)8(11)12-2/h3-4,10H,5H2,1-2H3. The van der Waals surface area contributed by atoms with E-state index in [2.05, 4.69) is 4.74 Å². The lowest BCUT2D eigenvalue weighted by atomic mass is 10.3. The van der Waals surface area contributed by atoms with Gasteiger partial charge in [-0.05, 0) is 11.6 Å². The topological polar surface area (TPSA) is 51.5 Å². The number of aryl methyl sites for hydroxylation is 1. The van der Waals surface area contributed by atoms with Gasteiger partial charge in [-0.15, -0.1) is 0 Å². The maximum Gasteiger partial charge on any atom is 0.354 e. The fraction of sp³-hybridized carbons (Fsp3) is 0.375. The highest BCUT2D eigenvalue weighted by Gasteiger charge is 2.10. The lowest BCUT2D eigenvalue weighted by molar-refractivity contribution is 0.0590. The van der Waals surface area contributed by atoms with Crippen molar-refractivity contribution in [2.45, 2.75) is 6.61 Å². The molecule has 1 N–H and O–H groups in total. The Morgan fingerprint density at radius 3 is 2.83 bits per heavy atom. The van der Waals surface area contributed by atoms with E-state index >= 15 is 0 Å². The lowest BCUT2D eigenvalue weighted by Gasteiger charge is -1.98. The third-order valence-electron chi connectivity index (χ3n) is 1.64. The number of aromatic nitrogens is 1. The minimum atomic E-state index is -0.391. The average Bonchev–Trinajstić information content (AvgIpc) is 2.45. The van der Waals surface area contributed by atoms with Gasteiger partial charge in [0.2, 0.25) is 0 Å². The number of methoxy groups -OCH3 is 1. The first-order chi connectivity index (χ1) is 5.69. The van der Waals surface area contributed by atoms with Crippen LogP contribution in [0.1, 0.15) is 16.1 Å². The third-order valence-corrected chi connectivity index (χ3v) is 1.64. The fourth-order valence-electron chi connectivity index (χ4n) is 1.03. The van der Waals surface area contributed by atoms with Crippen LogP contribution in [0, 0.1) is 0 Å². The molecular weight excluding hydrogens is 158 g/mol. The number of nitrogens with zero attached hydrogens (tertiary/aromatic N) is 1. The molecule has 0 bridgehead atoms. The quantitative estimate of drug-likeness (QED) is 0.648. The summed E-state index contributed by atoms with van der Waals surface area (Å²) in [6.07, 6.45) is 1.69. The molecule has 0 aliphatic rings. The first kappa shape index (κ1) is 8.80. The predicted molar refractivity (Wildman–Crippen MR) is 42.7 cm³/mol. The van der Waals surface area contributed by atoms with Crippen LogP contribution in [-0.4, -0.2) is 22.8 Å². The molecule has 0 unspecified atom stereocenters. The number of esters is 1. The van der Waals surface area contributed by atoms with Gasteiger partial charge in [-0.2, -0.15) is 0 Å². The number of ether oxygens (including phenoxy) is 1. The second-order valence-electron chi connectivity index (χ2n) is 2.49. The second kappa shape index (κ2) is 3.40. The van der Waals surface area contributed by atoms with Crippen LogP contribution in [0.5, 0.6) is 0 Å². The largest absolute Gasteiger partial charge is 0.464 e. The molecule has 1 aromatic rings. The van der Waals surface area contributed by atoms with Crippen molar-refractivity contribution in [3.63, 3.8) is 0 Å². The Bertz CT molecular complexity index is 290. The summed E-state index contributed by atoms with van der Waals surface area (Å²) in [6, 6.07) is 1.60. The molecule has 66 valence electrons. The van der Waals surface area contributed by atoms with E-state index < -0.39 is 5.97 Å². The van der Waals surface area contributed by atoms with Crippen LogP contribution in [-0.2, 0) is 18.4 Å². The van der Waals surface area contributed by atoms with Crippen molar-refractivity contribution in [3.8, 4) is 0 Å². The Balaban J connectivity index is 2.99. The molecule has 0 aliphatic heterocycles. The zero-order chi connectivity index (χ0) is 9.14. The molecule has 0 amide bonds. The summed E-state index contributed by atoms with van der Waals surface area (Å²) in [5, 5.41) is 8.76. The number of carbonyl (C=O) groups is 1. The molecule has 0 aliphatic carbocycles. The van der Waals surface area contributed by atoms with E-state index in [1.165, 1.54) is 7.11 Å². The highest BCUT2D eigenvalue weighted by Crippen LogP contribution is 2.07. The minimum absolute atomic E-state index is 0.0646. The minimum Gasteiger partial charge on any atom is -0.464 e. The molecule has 0 spiro atoms. The number of hydrogen-bond acceptors (Lipinski definition) is 3. The number of aliphatic hydroxyl groups is 1. The highest BCUT2D eigenvalue weighted by atomic mass is 16.5. The van der Waals surface area contributed by atoms with Gasteiger partial charge in [0.15, 0.2) is 0 Å². The van der Waals surface area contributed by atoms with Crippen molar-refractivity contribution in [1.29, 1.82) is 0 Å². The Kier molecular flexibility index (Phi) is 2.50. The van der Waals surface area contributed by atoms with Crippen LogP contribution in [0.2, 0.25) is 0 Å². The molecule has 0 aromatic carbocycles. The number of hydrogen-bond donors (Lipinski definition) is 1. The molecule has 0 saturated heterocycles. The summed E-state index contributed by atoms with van der Waals surface area (Å²) >= 11 is 0. The Morgan fingerprint density at radius 2 is 2.42 bits per heavy atom. The molecule has 4 nitrogen and oxygen atoms in total. The first-order valence-electron chi connectivity index (χ1n) is 3.53. The third kappa shape index (κ3) is 1.48. The molecular formula is C8H11NO3. The summed E-state index contributed by atoms with van der Waals surface area (Å²) in [6.45, 7) is -0.0646. The van der Waals surface area contributed by atoms with Gasteiger partial charge >= 0.3 is 5.97 Å². The SMILES string of the molecule is COC(=O)c1cc(CO)cn1C. The van der Waals surface area contributed by atoms with E-state index in [9.17, 15) is 4.79 Å². The zero-order valence-electron chi connectivity index (χ0n) is 7.07. The van der Waals surface area contributed by atoms with Crippen LogP contribution in [0.4, 0.5) is 0 Å². The molecule has 0 saturated carbocycles. The predicted octanol–water partition coefficient (Wildman–Crippen LogP) is 0.304. The van der Waals surface area contributed by atoms with E-state index in [0.29, 0.717) is 11.3 Å². The zero-order valence-corrected chi connectivity index (χ0v) is 7.07. The van der Waals surface area contributed by atoms with Gasteiger partial charge in [0.05, 0.1) is 13.7 Å². The van der Waals surface area contributed by atoms with E-state index in [1.807, 2.05) is 0 Å². The van der Waals surface area contributed by atoms with Crippen molar-refractivity contribution in [1.82, 2.24) is 4.57 Å². The Morgan fingerprint density at radius 1 is 1.75 bits per heavy atom. The van der Waals surface area contributed by atoms with E-state index in [1.54, 1.807) is 23.9 Å². The lowest BCUT2D eigenvalue weighted by Crippen LogP contribution is -2.06. The van der Waals surface area contributed by atoms with Gasteiger partial charge in [0.1, 0.15) is 5.69 Å². The van der Waals surface area contributed by atoms with Crippen LogP contribution in [0.25, 0.3) is 0 Å². The van der Waals surface area contributed by atoms with Gasteiger partial charge < -0.3 is 14.4 Å². The van der Waals surface area contributed by atoms with Gasteiger partial charge in [0.25, 0.3) is 0 Å². The fourth-order valence-corrected chi connectivity index (χ4v) is 1.03. The van der Waals surface area contributed by atoms with Crippen molar-refractivity contribution >= 4 is 5.97 Å². The van der Waals surface area contributed by atoms with Crippen LogP contribution < -0.4 is 0 Å². The Labute approximate surface area is 70.4 Å². The van der Waals surface area contributed by atoms with Crippen molar-refractivity contribution in [2.24, 2.45) is 7.05 Å². The molecule has 12 heavy (non-hydrogen) atoms. The van der Waals surface area contributed by atoms with Crippen molar-refractivity contribution in [3.05, 3.63) is 23.5 Å². The molecule has 1 heterocycles. The normalized spacial score (nSPS) is 9.92. The average molecular weight is 169 g/mol.